The first kappa shape index (κ1) is 18.1. The molecular weight excluding hydrogens is 375 g/mol. The molecule has 0 unspecified atom stereocenters. The van der Waals surface area contributed by atoms with Gasteiger partial charge in [-0.1, -0.05) is 0 Å². The van der Waals surface area contributed by atoms with Crippen molar-refractivity contribution in [2.24, 2.45) is 0 Å². The first-order valence-corrected chi connectivity index (χ1v) is 7.47. The van der Waals surface area contributed by atoms with Crippen molar-refractivity contribution in [3.8, 4) is 5.88 Å². The van der Waals surface area contributed by atoms with Gasteiger partial charge in [0.1, 0.15) is 10.6 Å². The van der Waals surface area contributed by atoms with Crippen LogP contribution in [0.15, 0.2) is 11.0 Å². The lowest BCUT2D eigenvalue weighted by Gasteiger charge is -2.15. The van der Waals surface area contributed by atoms with Gasteiger partial charge in [-0.05, 0) is 11.6 Å². The van der Waals surface area contributed by atoms with E-state index >= 15 is 0 Å². The van der Waals surface area contributed by atoms with Gasteiger partial charge >= 0.3 is 12.5 Å². The molecule has 0 saturated carbocycles. The van der Waals surface area contributed by atoms with Gasteiger partial charge < -0.3 is 4.74 Å². The van der Waals surface area contributed by atoms with Gasteiger partial charge in [-0.15, -0.1) is 24.8 Å². The Labute approximate surface area is 123 Å². The maximum Gasteiger partial charge on any atom is 0.574 e. The molecule has 13 heteroatoms. The minimum absolute atomic E-state index is 0.172. The summed E-state index contributed by atoms with van der Waals surface area (Å²) in [5.74, 6) is -2.70. The van der Waals surface area contributed by atoms with E-state index in [1.165, 1.54) is 0 Å². The number of ether oxygens (including phenoxy) is 1. The summed E-state index contributed by atoms with van der Waals surface area (Å²) in [6.07, 6.45) is -10.6. The van der Waals surface area contributed by atoms with Gasteiger partial charge in [-0.25, -0.2) is 13.4 Å². The number of hydrogen-bond acceptors (Lipinski definition) is 4. The highest BCUT2D eigenvalue weighted by Crippen LogP contribution is 2.38. The van der Waals surface area contributed by atoms with Crippen LogP contribution >= 0.6 is 22.3 Å². The van der Waals surface area contributed by atoms with Crippen LogP contribution in [0.5, 0.6) is 5.88 Å². The molecule has 0 aromatic carbocycles. The Morgan fingerprint density at radius 1 is 1.19 bits per heavy atom. The van der Waals surface area contributed by atoms with Gasteiger partial charge in [0.25, 0.3) is 9.05 Å². The first-order chi connectivity index (χ1) is 9.25. The van der Waals surface area contributed by atoms with Crippen molar-refractivity contribution < 1.29 is 39.5 Å². The second kappa shape index (κ2) is 5.69. The van der Waals surface area contributed by atoms with E-state index in [1.807, 2.05) is 0 Å². The third-order valence-electron chi connectivity index (χ3n) is 1.91. The van der Waals surface area contributed by atoms with E-state index < -0.39 is 49.5 Å². The average Bonchev–Trinajstić information content (AvgIpc) is 2.22. The highest BCUT2D eigenvalue weighted by Gasteiger charge is 2.40. The molecule has 0 spiro atoms. The molecule has 0 aliphatic heterocycles. The zero-order valence-electron chi connectivity index (χ0n) is 9.39. The zero-order valence-corrected chi connectivity index (χ0v) is 11.7. The highest BCUT2D eigenvalue weighted by atomic mass is 35.7. The van der Waals surface area contributed by atoms with E-state index in [2.05, 4.69) is 9.72 Å². The van der Waals surface area contributed by atoms with Crippen molar-refractivity contribution in [1.29, 1.82) is 0 Å². The molecule has 0 N–H and O–H groups in total. The number of nitrogens with zero attached hydrogens (tertiary/aromatic N) is 1. The molecule has 0 aliphatic carbocycles. The quantitative estimate of drug-likeness (QED) is 0.458. The molecular formula is C8H3Cl2F6NO3S. The number of rotatable bonds is 3. The molecule has 120 valence electrons. The van der Waals surface area contributed by atoms with Crippen molar-refractivity contribution in [3.63, 3.8) is 0 Å². The van der Waals surface area contributed by atoms with Crippen LogP contribution in [0.1, 0.15) is 11.3 Å². The van der Waals surface area contributed by atoms with Crippen molar-refractivity contribution in [2.75, 3.05) is 0 Å². The van der Waals surface area contributed by atoms with E-state index in [4.69, 9.17) is 22.3 Å². The Morgan fingerprint density at radius 2 is 1.71 bits per heavy atom. The zero-order chi connectivity index (χ0) is 16.6. The lowest BCUT2D eigenvalue weighted by Crippen LogP contribution is -2.21. The highest BCUT2D eigenvalue weighted by molar-refractivity contribution is 8.13. The van der Waals surface area contributed by atoms with Crippen LogP contribution < -0.4 is 4.74 Å². The smallest absolute Gasteiger partial charge is 0.386 e. The van der Waals surface area contributed by atoms with Crippen molar-refractivity contribution in [3.05, 3.63) is 17.3 Å². The lowest BCUT2D eigenvalue weighted by molar-refractivity contribution is -0.277. The second-order valence-corrected chi connectivity index (χ2v) is 6.19. The van der Waals surface area contributed by atoms with Gasteiger partial charge in [-0.2, -0.15) is 13.2 Å². The molecule has 1 aromatic rings. The van der Waals surface area contributed by atoms with Gasteiger partial charge in [0.05, 0.1) is 0 Å². The molecule has 0 atom stereocenters. The van der Waals surface area contributed by atoms with E-state index in [1.54, 1.807) is 0 Å². The van der Waals surface area contributed by atoms with Gasteiger partial charge in [0.15, 0.2) is 0 Å². The molecule has 21 heavy (non-hydrogen) atoms. The summed E-state index contributed by atoms with van der Waals surface area (Å²) in [6, 6.07) is 0.172. The number of hydrogen-bond donors (Lipinski definition) is 0. The summed E-state index contributed by atoms with van der Waals surface area (Å²) in [7, 11) is 0.0101. The van der Waals surface area contributed by atoms with Crippen LogP contribution in [0.25, 0.3) is 0 Å². The maximum absolute atomic E-state index is 12.5. The van der Waals surface area contributed by atoms with Crippen LogP contribution in [0.2, 0.25) is 0 Å². The molecule has 0 radical (unpaired) electrons. The first-order valence-electron chi connectivity index (χ1n) is 4.63. The lowest BCUT2D eigenvalue weighted by atomic mass is 10.2. The predicted octanol–water partition coefficient (Wildman–Crippen LogP) is 3.67. The molecule has 1 rings (SSSR count). The van der Waals surface area contributed by atoms with E-state index in [-0.39, 0.29) is 6.07 Å². The normalized spacial score (nSPS) is 13.3. The number of pyridine rings is 1. The van der Waals surface area contributed by atoms with Crippen LogP contribution in [-0.2, 0) is 21.1 Å². The molecule has 0 amide bonds. The molecule has 1 heterocycles. The van der Waals surface area contributed by atoms with E-state index in [9.17, 15) is 34.8 Å². The molecule has 0 bridgehead atoms. The van der Waals surface area contributed by atoms with Crippen LogP contribution in [0.4, 0.5) is 26.3 Å². The SMILES string of the molecule is O=S(=O)(Cl)c1c(CCl)cc(C(F)(F)F)nc1OC(F)(F)F. The number of halogens is 8. The largest absolute Gasteiger partial charge is 0.574 e. The van der Waals surface area contributed by atoms with Gasteiger partial charge in [-0.3, -0.25) is 0 Å². The Morgan fingerprint density at radius 3 is 2.05 bits per heavy atom. The van der Waals surface area contributed by atoms with Gasteiger partial charge in [0.2, 0.25) is 5.88 Å². The summed E-state index contributed by atoms with van der Waals surface area (Å²) in [6.45, 7) is 0. The van der Waals surface area contributed by atoms with Crippen molar-refractivity contribution in [2.45, 2.75) is 23.3 Å². The second-order valence-electron chi connectivity index (χ2n) is 3.42. The molecule has 0 fully saturated rings. The van der Waals surface area contributed by atoms with E-state index in [0.29, 0.717) is 0 Å². The molecule has 0 saturated heterocycles. The summed E-state index contributed by atoms with van der Waals surface area (Å²) < 4.78 is 99.7. The Kier molecular flexibility index (Phi) is 4.91. The van der Waals surface area contributed by atoms with Crippen LogP contribution in [-0.4, -0.2) is 19.8 Å². The minimum atomic E-state index is -5.48. The standard InChI is InChI=1S/C8H3Cl2F6NO3S/c9-2-3-1-4(7(11,12)13)17-6(20-8(14,15)16)5(3)21(10,18)19/h1H,2H2. The Balaban J connectivity index is 3.69. The van der Waals surface area contributed by atoms with E-state index in [0.717, 1.165) is 0 Å². The minimum Gasteiger partial charge on any atom is -0.386 e. The fraction of sp³-hybridized carbons (Fsp3) is 0.375. The molecule has 4 nitrogen and oxygen atoms in total. The van der Waals surface area contributed by atoms with Gasteiger partial charge in [0, 0.05) is 16.6 Å². The summed E-state index contributed by atoms with van der Waals surface area (Å²) in [5, 5.41) is 0. The topological polar surface area (TPSA) is 56.3 Å². The summed E-state index contributed by atoms with van der Waals surface area (Å²) in [5.41, 5.74) is -2.63. The third-order valence-corrected chi connectivity index (χ3v) is 3.58. The fourth-order valence-corrected chi connectivity index (χ4v) is 2.77. The summed E-state index contributed by atoms with van der Waals surface area (Å²) >= 11 is 5.25. The monoisotopic (exact) mass is 377 g/mol. The number of aromatic nitrogens is 1. The third kappa shape index (κ3) is 4.78. The van der Waals surface area contributed by atoms with Crippen molar-refractivity contribution >= 4 is 31.3 Å². The van der Waals surface area contributed by atoms with Crippen LogP contribution in [0.3, 0.4) is 0 Å². The maximum atomic E-state index is 12.5. The molecule has 1 aromatic heterocycles. The fourth-order valence-electron chi connectivity index (χ4n) is 1.24. The van der Waals surface area contributed by atoms with Crippen LogP contribution in [0, 0.1) is 0 Å². The summed E-state index contributed by atoms with van der Waals surface area (Å²) in [4.78, 5) is 1.14. The average molecular weight is 378 g/mol. The molecule has 0 aliphatic rings. The van der Waals surface area contributed by atoms with Crippen molar-refractivity contribution in [1.82, 2.24) is 4.98 Å². The Hall–Kier alpha value is -0.940. The Bertz CT molecular complexity index is 643. The number of alkyl halides is 7. The predicted molar refractivity (Wildman–Crippen MR) is 58.5 cm³/mol.